The lowest BCUT2D eigenvalue weighted by atomic mass is 10.0. The Balaban J connectivity index is 1.54. The van der Waals surface area contributed by atoms with Crippen molar-refractivity contribution in [3.63, 3.8) is 0 Å². The summed E-state index contributed by atoms with van der Waals surface area (Å²) < 4.78 is 0. The Hall–Kier alpha value is -1.53. The molecule has 27 heavy (non-hydrogen) atoms. The summed E-state index contributed by atoms with van der Waals surface area (Å²) in [5.74, 6) is 1.01. The minimum Gasteiger partial charge on any atom is -0.352 e. The highest BCUT2D eigenvalue weighted by atomic mass is 32.2. The fourth-order valence-electron chi connectivity index (χ4n) is 3.66. The van der Waals surface area contributed by atoms with Crippen LogP contribution in [0.5, 0.6) is 0 Å². The number of hydrogen-bond donors (Lipinski definition) is 2. The van der Waals surface area contributed by atoms with Gasteiger partial charge in [-0.05, 0) is 50.3 Å². The maximum atomic E-state index is 12.8. The summed E-state index contributed by atoms with van der Waals surface area (Å²) in [5.41, 5.74) is 2.01. The van der Waals surface area contributed by atoms with Crippen LogP contribution in [-0.4, -0.2) is 52.5 Å². The number of aryl methyl sites for hydroxylation is 1. The predicted octanol–water partition coefficient (Wildman–Crippen LogP) is 2.80. The smallest absolute Gasteiger partial charge is 0.253 e. The first kappa shape index (κ1) is 20.2. The monoisotopic (exact) mass is 389 g/mol. The number of carbonyl (C=O) groups is 2. The van der Waals surface area contributed by atoms with E-state index in [1.54, 1.807) is 0 Å². The lowest BCUT2D eigenvalue weighted by Gasteiger charge is -2.39. The zero-order chi connectivity index (χ0) is 19.4. The van der Waals surface area contributed by atoms with Crippen molar-refractivity contribution in [3.8, 4) is 0 Å². The van der Waals surface area contributed by atoms with E-state index in [0.717, 1.165) is 50.1 Å². The molecule has 2 amide bonds. The normalized spacial score (nSPS) is 22.6. The summed E-state index contributed by atoms with van der Waals surface area (Å²) in [4.78, 5) is 27.0. The van der Waals surface area contributed by atoms with Gasteiger partial charge in [0.15, 0.2) is 0 Å². The number of likely N-dealkylation sites (tertiary alicyclic amines) is 1. The maximum Gasteiger partial charge on any atom is 0.253 e. The zero-order valence-electron chi connectivity index (χ0n) is 16.6. The van der Waals surface area contributed by atoms with Crippen molar-refractivity contribution in [1.29, 1.82) is 0 Å². The Morgan fingerprint density at radius 2 is 1.93 bits per heavy atom. The molecule has 2 heterocycles. The Morgan fingerprint density at radius 3 is 2.52 bits per heavy atom. The van der Waals surface area contributed by atoms with Crippen molar-refractivity contribution in [2.75, 3.05) is 18.8 Å². The summed E-state index contributed by atoms with van der Waals surface area (Å²) in [6.07, 6.45) is 3.68. The maximum absolute atomic E-state index is 12.8. The van der Waals surface area contributed by atoms with Crippen molar-refractivity contribution in [1.82, 2.24) is 15.5 Å². The van der Waals surface area contributed by atoms with E-state index in [0.29, 0.717) is 0 Å². The number of carbonyl (C=O) groups excluding carboxylic acids is 2. The molecule has 0 radical (unpaired) electrons. The molecule has 2 N–H and O–H groups in total. The van der Waals surface area contributed by atoms with Gasteiger partial charge < -0.3 is 10.2 Å². The molecule has 2 aliphatic rings. The van der Waals surface area contributed by atoms with Crippen molar-refractivity contribution < 1.29 is 9.59 Å². The topological polar surface area (TPSA) is 61.4 Å². The summed E-state index contributed by atoms with van der Waals surface area (Å²) in [6.45, 7) is 7.68. The molecule has 148 valence electrons. The van der Waals surface area contributed by atoms with E-state index in [9.17, 15) is 9.59 Å². The quantitative estimate of drug-likeness (QED) is 0.813. The number of amides is 2. The molecule has 3 rings (SSSR count). The second-order valence-electron chi connectivity index (χ2n) is 7.66. The fraction of sp³-hybridized carbons (Fsp3) is 0.619. The van der Waals surface area contributed by atoms with Crippen LogP contribution >= 0.6 is 11.8 Å². The first-order valence-electron chi connectivity index (χ1n) is 10.1. The Kier molecular flexibility index (Phi) is 6.48. The molecule has 1 aromatic rings. The van der Waals surface area contributed by atoms with Gasteiger partial charge in [-0.3, -0.25) is 14.9 Å². The van der Waals surface area contributed by atoms with E-state index in [-0.39, 0.29) is 28.8 Å². The van der Waals surface area contributed by atoms with E-state index in [1.807, 2.05) is 47.9 Å². The molecule has 1 aromatic carbocycles. The molecule has 0 saturated carbocycles. The third kappa shape index (κ3) is 4.66. The number of rotatable bonds is 5. The molecular formula is C21H31N3O2S. The van der Waals surface area contributed by atoms with Crippen molar-refractivity contribution in [2.24, 2.45) is 0 Å². The molecule has 0 aromatic heterocycles. The average molecular weight is 390 g/mol. The zero-order valence-corrected chi connectivity index (χ0v) is 17.4. The molecule has 0 aliphatic carbocycles. The minimum absolute atomic E-state index is 0.0691. The fourth-order valence-corrected chi connectivity index (χ4v) is 5.07. The van der Waals surface area contributed by atoms with Crippen LogP contribution in [0.4, 0.5) is 0 Å². The highest BCUT2D eigenvalue weighted by molar-refractivity contribution is 8.01. The number of piperidine rings is 1. The molecule has 0 bridgehead atoms. The predicted molar refractivity (Wildman–Crippen MR) is 111 cm³/mol. The van der Waals surface area contributed by atoms with Crippen LogP contribution in [0.25, 0.3) is 0 Å². The second-order valence-corrected chi connectivity index (χ2v) is 9.07. The van der Waals surface area contributed by atoms with Gasteiger partial charge in [-0.25, -0.2) is 0 Å². The molecule has 2 unspecified atom stereocenters. The van der Waals surface area contributed by atoms with Gasteiger partial charge in [-0.15, -0.1) is 11.8 Å². The molecule has 5 nitrogen and oxygen atoms in total. The largest absolute Gasteiger partial charge is 0.352 e. The lowest BCUT2D eigenvalue weighted by molar-refractivity contribution is -0.123. The lowest BCUT2D eigenvalue weighted by Crippen LogP contribution is -2.55. The van der Waals surface area contributed by atoms with E-state index in [2.05, 4.69) is 24.5 Å². The highest BCUT2D eigenvalue weighted by Crippen LogP contribution is 2.39. The SMILES string of the molecule is CCc1ccc(C(=O)N2CCC3(CC2)NC(C(=O)NC(C)CC)CS3)cc1. The third-order valence-corrected chi connectivity index (χ3v) is 7.33. The van der Waals surface area contributed by atoms with Crippen LogP contribution in [0.3, 0.4) is 0 Å². The standard InChI is InChI=1S/C21H31N3O2S/c1-4-15(3)22-19(25)18-14-27-21(23-18)10-12-24(13-11-21)20(26)17-8-6-16(5-2)7-9-17/h6-9,15,18,23H,4-5,10-14H2,1-3H3,(H,22,25). The van der Waals surface area contributed by atoms with Crippen LogP contribution in [0.2, 0.25) is 0 Å². The number of hydrogen-bond acceptors (Lipinski definition) is 4. The number of nitrogens with one attached hydrogen (secondary N) is 2. The summed E-state index contributed by atoms with van der Waals surface area (Å²) >= 11 is 1.84. The van der Waals surface area contributed by atoms with Gasteiger partial charge in [0.05, 0.1) is 10.9 Å². The van der Waals surface area contributed by atoms with Crippen LogP contribution in [0.1, 0.15) is 56.0 Å². The molecule has 2 saturated heterocycles. The second kappa shape index (κ2) is 8.65. The molecule has 2 fully saturated rings. The van der Waals surface area contributed by atoms with Gasteiger partial charge in [-0.1, -0.05) is 26.0 Å². The molecule has 1 spiro atoms. The van der Waals surface area contributed by atoms with Crippen LogP contribution in [-0.2, 0) is 11.2 Å². The Labute approximate surface area is 166 Å². The van der Waals surface area contributed by atoms with Crippen molar-refractivity contribution >= 4 is 23.6 Å². The van der Waals surface area contributed by atoms with Crippen LogP contribution < -0.4 is 10.6 Å². The van der Waals surface area contributed by atoms with E-state index < -0.39 is 0 Å². The average Bonchev–Trinajstić information content (AvgIpc) is 3.11. The minimum atomic E-state index is -0.132. The van der Waals surface area contributed by atoms with E-state index in [1.165, 1.54) is 5.56 Å². The molecule has 2 atom stereocenters. The van der Waals surface area contributed by atoms with Gasteiger partial charge in [0.2, 0.25) is 5.91 Å². The Morgan fingerprint density at radius 1 is 1.26 bits per heavy atom. The van der Waals surface area contributed by atoms with Crippen LogP contribution in [0.15, 0.2) is 24.3 Å². The van der Waals surface area contributed by atoms with Crippen molar-refractivity contribution in [3.05, 3.63) is 35.4 Å². The van der Waals surface area contributed by atoms with Gasteiger partial charge in [0, 0.05) is 30.4 Å². The number of benzene rings is 1. The number of nitrogens with zero attached hydrogens (tertiary/aromatic N) is 1. The third-order valence-electron chi connectivity index (χ3n) is 5.75. The van der Waals surface area contributed by atoms with Gasteiger partial charge >= 0.3 is 0 Å². The first-order chi connectivity index (χ1) is 13.0. The molecular weight excluding hydrogens is 358 g/mol. The number of thioether (sulfide) groups is 1. The molecule has 2 aliphatic heterocycles. The van der Waals surface area contributed by atoms with Gasteiger partial charge in [0.25, 0.3) is 5.91 Å². The van der Waals surface area contributed by atoms with Gasteiger partial charge in [0.1, 0.15) is 0 Å². The van der Waals surface area contributed by atoms with Crippen LogP contribution in [0, 0.1) is 0 Å². The highest BCUT2D eigenvalue weighted by Gasteiger charge is 2.44. The van der Waals surface area contributed by atoms with E-state index in [4.69, 9.17) is 0 Å². The Bertz CT molecular complexity index is 669. The van der Waals surface area contributed by atoms with E-state index >= 15 is 0 Å². The summed E-state index contributed by atoms with van der Waals surface area (Å²) in [5, 5.41) is 6.63. The van der Waals surface area contributed by atoms with Crippen molar-refractivity contribution in [2.45, 2.75) is 63.4 Å². The summed E-state index contributed by atoms with van der Waals surface area (Å²) in [7, 11) is 0. The van der Waals surface area contributed by atoms with Gasteiger partial charge in [-0.2, -0.15) is 0 Å². The summed E-state index contributed by atoms with van der Waals surface area (Å²) in [6, 6.07) is 8.01. The first-order valence-corrected chi connectivity index (χ1v) is 11.0. The molecule has 6 heteroatoms.